The van der Waals surface area contributed by atoms with E-state index in [0.717, 1.165) is 31.5 Å². The van der Waals surface area contributed by atoms with Crippen molar-refractivity contribution in [2.75, 3.05) is 20.1 Å². The summed E-state index contributed by atoms with van der Waals surface area (Å²) in [5.41, 5.74) is 2.45. The minimum absolute atomic E-state index is 0.0799. The Kier molecular flexibility index (Phi) is 5.01. The molecule has 0 bridgehead atoms. The molecule has 0 saturated carbocycles. The molecule has 0 amide bonds. The molecule has 130 valence electrons. The van der Waals surface area contributed by atoms with Gasteiger partial charge in [-0.2, -0.15) is 0 Å². The lowest BCUT2D eigenvalue weighted by atomic mass is 10.0. The van der Waals surface area contributed by atoms with Crippen molar-refractivity contribution in [3.8, 4) is 5.75 Å². The van der Waals surface area contributed by atoms with Crippen LogP contribution in [0.3, 0.4) is 0 Å². The van der Waals surface area contributed by atoms with E-state index in [1.54, 1.807) is 0 Å². The summed E-state index contributed by atoms with van der Waals surface area (Å²) in [4.78, 5) is 24.7. The Hall–Kier alpha value is -2.44. The second-order valence-electron chi connectivity index (χ2n) is 6.05. The molecule has 0 aliphatic carbocycles. The van der Waals surface area contributed by atoms with E-state index in [1.807, 2.05) is 12.1 Å². The van der Waals surface area contributed by atoms with Crippen LogP contribution in [0.15, 0.2) is 36.4 Å². The minimum Gasteiger partial charge on any atom is -0.421 e. The minimum atomic E-state index is -0.595. The van der Waals surface area contributed by atoms with Crippen LogP contribution in [-0.2, 0) is 12.8 Å². The monoisotopic (exact) mass is 360 g/mol. The molecule has 25 heavy (non-hydrogen) atoms. The van der Waals surface area contributed by atoms with E-state index in [1.165, 1.54) is 29.8 Å². The molecule has 0 fully saturated rings. The van der Waals surface area contributed by atoms with Gasteiger partial charge >= 0.3 is 5.97 Å². The maximum atomic E-state index is 12.3. The zero-order valence-electron chi connectivity index (χ0n) is 13.7. The molecule has 3 rings (SSSR count). The van der Waals surface area contributed by atoms with Crippen LogP contribution in [0.25, 0.3) is 0 Å². The number of likely N-dealkylation sites (N-methyl/N-ethyl adjacent to an activating group) is 1. The van der Waals surface area contributed by atoms with Gasteiger partial charge in [-0.1, -0.05) is 11.6 Å². The van der Waals surface area contributed by atoms with Crippen molar-refractivity contribution in [1.82, 2.24) is 4.90 Å². The van der Waals surface area contributed by atoms with Crippen molar-refractivity contribution >= 4 is 23.3 Å². The first kappa shape index (κ1) is 17.4. The molecule has 0 saturated heterocycles. The summed E-state index contributed by atoms with van der Waals surface area (Å²) < 4.78 is 5.41. The maximum absolute atomic E-state index is 12.3. The number of benzene rings is 2. The van der Waals surface area contributed by atoms with Crippen LogP contribution in [0.5, 0.6) is 5.75 Å². The third kappa shape index (κ3) is 3.97. The van der Waals surface area contributed by atoms with Gasteiger partial charge in [0.25, 0.3) is 5.69 Å². The molecule has 6 nitrogen and oxygen atoms in total. The van der Waals surface area contributed by atoms with Crippen molar-refractivity contribution in [2.24, 2.45) is 0 Å². The fraction of sp³-hybridized carbons (Fsp3) is 0.278. The van der Waals surface area contributed by atoms with Gasteiger partial charge in [-0.15, -0.1) is 0 Å². The number of rotatable bonds is 3. The molecule has 0 N–H and O–H groups in total. The van der Waals surface area contributed by atoms with Gasteiger partial charge in [0.1, 0.15) is 5.75 Å². The number of carbonyl (C=O) groups excluding carboxylic acids is 1. The highest BCUT2D eigenvalue weighted by Gasteiger charge is 2.17. The molecule has 2 aromatic carbocycles. The number of nitrogens with zero attached hydrogens (tertiary/aromatic N) is 2. The molecule has 1 aliphatic heterocycles. The van der Waals surface area contributed by atoms with E-state index in [-0.39, 0.29) is 11.3 Å². The van der Waals surface area contributed by atoms with Gasteiger partial charge in [0, 0.05) is 25.2 Å². The molecule has 1 heterocycles. The lowest BCUT2D eigenvalue weighted by Crippen LogP contribution is -2.20. The smallest absolute Gasteiger partial charge is 0.343 e. The van der Waals surface area contributed by atoms with Gasteiger partial charge in [-0.3, -0.25) is 10.1 Å². The van der Waals surface area contributed by atoms with E-state index in [9.17, 15) is 14.9 Å². The molecule has 0 atom stereocenters. The van der Waals surface area contributed by atoms with Crippen LogP contribution in [0.1, 0.15) is 21.5 Å². The number of nitro groups is 1. The summed E-state index contributed by atoms with van der Waals surface area (Å²) in [6, 6.07) is 8.95. The highest BCUT2D eigenvalue weighted by Crippen LogP contribution is 2.31. The van der Waals surface area contributed by atoms with Gasteiger partial charge in [0.15, 0.2) is 0 Å². The van der Waals surface area contributed by atoms with Gasteiger partial charge in [-0.25, -0.2) is 4.79 Å². The Balaban J connectivity index is 1.80. The first-order valence-corrected chi connectivity index (χ1v) is 8.28. The number of hydrogen-bond donors (Lipinski definition) is 0. The SMILES string of the molecule is CN1CCc2cc(Cl)c(OC(=O)c3ccc([N+](=O)[O-])cc3)cc2CC1. The average Bonchev–Trinajstić information content (AvgIpc) is 2.77. The summed E-state index contributed by atoms with van der Waals surface area (Å²) in [5, 5.41) is 11.1. The van der Waals surface area contributed by atoms with Crippen molar-refractivity contribution in [3.05, 3.63) is 68.2 Å². The molecule has 1 aliphatic rings. The van der Waals surface area contributed by atoms with Crippen LogP contribution < -0.4 is 4.74 Å². The summed E-state index contributed by atoms with van der Waals surface area (Å²) >= 11 is 6.27. The standard InChI is InChI=1S/C18H17ClN2O4/c1-20-8-6-13-10-16(19)17(11-14(13)7-9-20)25-18(22)12-2-4-15(5-3-12)21(23)24/h2-5,10-11H,6-9H2,1H3. The van der Waals surface area contributed by atoms with E-state index in [4.69, 9.17) is 16.3 Å². The number of hydrogen-bond acceptors (Lipinski definition) is 5. The van der Waals surface area contributed by atoms with Gasteiger partial charge < -0.3 is 9.64 Å². The number of nitro benzene ring substituents is 1. The number of esters is 1. The van der Waals surface area contributed by atoms with Crippen LogP contribution in [-0.4, -0.2) is 35.9 Å². The highest BCUT2D eigenvalue weighted by atomic mass is 35.5. The molecular formula is C18H17ClN2O4. The lowest BCUT2D eigenvalue weighted by Gasteiger charge is -2.11. The fourth-order valence-corrected chi connectivity index (χ4v) is 3.02. The third-order valence-electron chi connectivity index (χ3n) is 4.30. The number of non-ortho nitro benzene ring substituents is 1. The molecule has 0 aromatic heterocycles. The Morgan fingerprint density at radius 1 is 1.16 bits per heavy atom. The first-order valence-electron chi connectivity index (χ1n) is 7.90. The van der Waals surface area contributed by atoms with E-state index in [0.29, 0.717) is 10.8 Å². The second-order valence-corrected chi connectivity index (χ2v) is 6.46. The molecular weight excluding hydrogens is 344 g/mol. The maximum Gasteiger partial charge on any atom is 0.343 e. The Labute approximate surface area is 150 Å². The molecule has 0 spiro atoms. The predicted octanol–water partition coefficient (Wildman–Crippen LogP) is 3.50. The normalized spacial score (nSPS) is 14.5. The van der Waals surface area contributed by atoms with Crippen LogP contribution in [0, 0.1) is 10.1 Å². The zero-order chi connectivity index (χ0) is 18.0. The highest BCUT2D eigenvalue weighted by molar-refractivity contribution is 6.32. The quantitative estimate of drug-likeness (QED) is 0.362. The van der Waals surface area contributed by atoms with Crippen molar-refractivity contribution in [3.63, 3.8) is 0 Å². The average molecular weight is 361 g/mol. The van der Waals surface area contributed by atoms with Gasteiger partial charge in [0.05, 0.1) is 15.5 Å². The summed E-state index contributed by atoms with van der Waals surface area (Å²) in [6.45, 7) is 1.90. The summed E-state index contributed by atoms with van der Waals surface area (Å²) in [5.74, 6) is -0.282. The Morgan fingerprint density at radius 3 is 2.36 bits per heavy atom. The largest absolute Gasteiger partial charge is 0.421 e. The number of carbonyl (C=O) groups is 1. The molecule has 0 radical (unpaired) electrons. The fourth-order valence-electron chi connectivity index (χ4n) is 2.79. The number of halogens is 1. The van der Waals surface area contributed by atoms with Gasteiger partial charge in [-0.05, 0) is 55.3 Å². The molecule has 2 aromatic rings. The van der Waals surface area contributed by atoms with E-state index >= 15 is 0 Å². The number of ether oxygens (including phenoxy) is 1. The zero-order valence-corrected chi connectivity index (χ0v) is 14.5. The number of fused-ring (bicyclic) bond motifs is 1. The first-order chi connectivity index (χ1) is 11.9. The summed E-state index contributed by atoms with van der Waals surface area (Å²) in [6.07, 6.45) is 1.77. The van der Waals surface area contributed by atoms with E-state index in [2.05, 4.69) is 11.9 Å². The van der Waals surface area contributed by atoms with Crippen LogP contribution in [0.2, 0.25) is 5.02 Å². The Morgan fingerprint density at radius 2 is 1.76 bits per heavy atom. The molecule has 0 unspecified atom stereocenters. The Bertz CT molecular complexity index is 821. The van der Waals surface area contributed by atoms with Crippen LogP contribution >= 0.6 is 11.6 Å². The molecule has 7 heteroatoms. The topological polar surface area (TPSA) is 72.7 Å². The van der Waals surface area contributed by atoms with Crippen molar-refractivity contribution in [2.45, 2.75) is 12.8 Å². The van der Waals surface area contributed by atoms with Crippen LogP contribution in [0.4, 0.5) is 5.69 Å². The predicted molar refractivity (Wildman–Crippen MR) is 94.4 cm³/mol. The van der Waals surface area contributed by atoms with Crippen molar-refractivity contribution < 1.29 is 14.5 Å². The third-order valence-corrected chi connectivity index (χ3v) is 4.59. The van der Waals surface area contributed by atoms with Gasteiger partial charge in [0.2, 0.25) is 0 Å². The van der Waals surface area contributed by atoms with E-state index < -0.39 is 10.9 Å². The lowest BCUT2D eigenvalue weighted by molar-refractivity contribution is -0.384. The summed E-state index contributed by atoms with van der Waals surface area (Å²) in [7, 11) is 2.07. The van der Waals surface area contributed by atoms with Crippen molar-refractivity contribution in [1.29, 1.82) is 0 Å². The second kappa shape index (κ2) is 7.21.